The highest BCUT2D eigenvalue weighted by Gasteiger charge is 2.08. The Kier molecular flexibility index (Phi) is 13.1. The number of nitrogens with one attached hydrogen (secondary N) is 2. The van der Waals surface area contributed by atoms with Crippen LogP contribution in [0.3, 0.4) is 0 Å². The van der Waals surface area contributed by atoms with Gasteiger partial charge in [-0.05, 0) is 87.1 Å². The monoisotopic (exact) mass is 500 g/mol. The molecular weight excluding hydrogens is 466 g/mol. The molecule has 0 amide bonds. The molecule has 194 valence electrons. The number of ketones is 2. The number of carbonyl (C=O) groups is 2. The molecule has 0 heterocycles. The molecule has 8 heteroatoms. The third-order valence-electron chi connectivity index (χ3n) is 5.38. The zero-order valence-corrected chi connectivity index (χ0v) is 20.3. The van der Waals surface area contributed by atoms with Crippen LogP contribution >= 0.6 is 0 Å². The molecule has 2 aromatic carbocycles. The number of rotatable bonds is 17. The molecule has 0 radical (unpaired) electrons. The number of aliphatic hydroxyl groups excluding tert-OH is 2. The minimum Gasteiger partial charge on any atom is -0.396 e. The van der Waals surface area contributed by atoms with Crippen LogP contribution in [0.2, 0.25) is 0 Å². The largest absolute Gasteiger partial charge is 0.396 e. The van der Waals surface area contributed by atoms with Crippen molar-refractivity contribution in [3.05, 3.63) is 94.8 Å². The van der Waals surface area contributed by atoms with Crippen molar-refractivity contribution >= 4 is 11.6 Å². The van der Waals surface area contributed by atoms with Gasteiger partial charge in [0.15, 0.2) is 11.6 Å². The third-order valence-corrected chi connectivity index (χ3v) is 5.38. The molecule has 0 bridgehead atoms. The van der Waals surface area contributed by atoms with Gasteiger partial charge in [-0.15, -0.1) is 0 Å². The number of allylic oxidation sites excluding steroid dienone is 4. The second kappa shape index (κ2) is 16.3. The lowest BCUT2D eigenvalue weighted by Gasteiger charge is -2.13. The minimum atomic E-state index is -0.411. The second-order valence-corrected chi connectivity index (χ2v) is 8.30. The molecule has 36 heavy (non-hydrogen) atoms. The van der Waals surface area contributed by atoms with E-state index in [0.29, 0.717) is 68.4 Å². The summed E-state index contributed by atoms with van der Waals surface area (Å²) in [5.41, 5.74) is 2.19. The first kappa shape index (κ1) is 28.9. The van der Waals surface area contributed by atoms with Crippen molar-refractivity contribution in [1.29, 1.82) is 0 Å². The number of benzene rings is 2. The standard InChI is InChI=1S/C28H34F2N2O4/c29-23-11-7-21(8-12-23)27(35)19-25(5-1-2-17-33)31-15-4-16-32-26(6-3-18-34)20-28(36)22-9-13-24(30)14-10-22/h7-14,19-20,31-34H,1-6,15-18H2/b25-19-,26-20-. The predicted octanol–water partition coefficient (Wildman–Crippen LogP) is 4.30. The molecule has 0 aliphatic heterocycles. The Morgan fingerprint density at radius 3 is 1.47 bits per heavy atom. The molecule has 0 aliphatic rings. The van der Waals surface area contributed by atoms with Crippen LogP contribution in [0.5, 0.6) is 0 Å². The summed E-state index contributed by atoms with van der Waals surface area (Å²) in [6.45, 7) is 1.18. The highest BCUT2D eigenvalue weighted by atomic mass is 19.1. The van der Waals surface area contributed by atoms with E-state index in [-0.39, 0.29) is 24.8 Å². The topological polar surface area (TPSA) is 98.7 Å². The van der Waals surface area contributed by atoms with Gasteiger partial charge in [0.05, 0.1) is 0 Å². The molecule has 2 rings (SSSR count). The summed E-state index contributed by atoms with van der Waals surface area (Å²) in [6.07, 6.45) is 6.57. The van der Waals surface area contributed by atoms with E-state index in [2.05, 4.69) is 10.6 Å². The first-order valence-electron chi connectivity index (χ1n) is 12.1. The van der Waals surface area contributed by atoms with Crippen molar-refractivity contribution in [2.75, 3.05) is 26.3 Å². The maximum absolute atomic E-state index is 13.1. The van der Waals surface area contributed by atoms with Gasteiger partial charge in [-0.1, -0.05) is 0 Å². The van der Waals surface area contributed by atoms with Crippen LogP contribution in [0.4, 0.5) is 8.78 Å². The molecule has 0 spiro atoms. The van der Waals surface area contributed by atoms with Gasteiger partial charge in [0.2, 0.25) is 0 Å². The summed E-state index contributed by atoms with van der Waals surface area (Å²) >= 11 is 0. The van der Waals surface area contributed by atoms with Crippen LogP contribution in [0, 0.1) is 11.6 Å². The Morgan fingerprint density at radius 2 is 1.06 bits per heavy atom. The van der Waals surface area contributed by atoms with Gasteiger partial charge in [-0.25, -0.2) is 8.78 Å². The van der Waals surface area contributed by atoms with Gasteiger partial charge in [0.1, 0.15) is 11.6 Å². The molecule has 0 aromatic heterocycles. The van der Waals surface area contributed by atoms with Gasteiger partial charge < -0.3 is 20.8 Å². The lowest BCUT2D eigenvalue weighted by Crippen LogP contribution is -2.23. The summed E-state index contributed by atoms with van der Waals surface area (Å²) in [5.74, 6) is -1.29. The van der Waals surface area contributed by atoms with Crippen LogP contribution in [0.25, 0.3) is 0 Å². The van der Waals surface area contributed by atoms with Crippen molar-refractivity contribution in [2.45, 2.75) is 38.5 Å². The maximum Gasteiger partial charge on any atom is 0.187 e. The highest BCUT2D eigenvalue weighted by Crippen LogP contribution is 2.11. The molecule has 0 atom stereocenters. The lowest BCUT2D eigenvalue weighted by molar-refractivity contribution is 0.103. The van der Waals surface area contributed by atoms with Crippen LogP contribution in [-0.4, -0.2) is 48.1 Å². The first-order valence-corrected chi connectivity index (χ1v) is 12.1. The molecule has 0 saturated heterocycles. The van der Waals surface area contributed by atoms with E-state index >= 15 is 0 Å². The van der Waals surface area contributed by atoms with E-state index in [1.807, 2.05) is 0 Å². The molecule has 4 N–H and O–H groups in total. The Bertz CT molecular complexity index is 1020. The average molecular weight is 501 g/mol. The minimum absolute atomic E-state index is 0.00457. The van der Waals surface area contributed by atoms with Crippen molar-refractivity contribution in [3.63, 3.8) is 0 Å². The molecule has 0 unspecified atom stereocenters. The number of hydrogen-bond donors (Lipinski definition) is 4. The zero-order chi connectivity index (χ0) is 26.2. The fourth-order valence-electron chi connectivity index (χ4n) is 3.42. The predicted molar refractivity (Wildman–Crippen MR) is 136 cm³/mol. The Morgan fingerprint density at radius 1 is 0.639 bits per heavy atom. The number of hydrogen-bond acceptors (Lipinski definition) is 6. The summed E-state index contributed by atoms with van der Waals surface area (Å²) in [7, 11) is 0. The van der Waals surface area contributed by atoms with Crippen LogP contribution in [0.1, 0.15) is 59.2 Å². The van der Waals surface area contributed by atoms with Gasteiger partial charge in [0, 0.05) is 61.0 Å². The van der Waals surface area contributed by atoms with E-state index in [1.54, 1.807) is 0 Å². The summed E-state index contributed by atoms with van der Waals surface area (Å²) in [6, 6.07) is 10.7. The van der Waals surface area contributed by atoms with E-state index in [9.17, 15) is 18.4 Å². The van der Waals surface area contributed by atoms with Gasteiger partial charge in [-0.2, -0.15) is 0 Å². The Labute approximate surface area is 210 Å². The highest BCUT2D eigenvalue weighted by molar-refractivity contribution is 6.05. The first-order chi connectivity index (χ1) is 17.4. The van der Waals surface area contributed by atoms with Gasteiger partial charge in [0.25, 0.3) is 0 Å². The molecule has 0 saturated carbocycles. The SMILES string of the molecule is O=C(/C=C(/CCCO)NCCCN/C(=C\C(=O)c1ccc(F)cc1)CCCCO)c1ccc(F)cc1. The van der Waals surface area contributed by atoms with Crippen molar-refractivity contribution in [2.24, 2.45) is 0 Å². The quantitative estimate of drug-likeness (QED) is 0.147. The van der Waals surface area contributed by atoms with Crippen molar-refractivity contribution < 1.29 is 28.6 Å². The maximum atomic E-state index is 13.1. The van der Waals surface area contributed by atoms with Crippen molar-refractivity contribution in [3.8, 4) is 0 Å². The van der Waals surface area contributed by atoms with Gasteiger partial charge in [-0.3, -0.25) is 9.59 Å². The molecular formula is C28H34F2N2O4. The summed E-state index contributed by atoms with van der Waals surface area (Å²) in [4.78, 5) is 25.0. The fourth-order valence-corrected chi connectivity index (χ4v) is 3.42. The van der Waals surface area contributed by atoms with Crippen LogP contribution < -0.4 is 10.6 Å². The van der Waals surface area contributed by atoms with E-state index in [1.165, 1.54) is 60.7 Å². The summed E-state index contributed by atoms with van der Waals surface area (Å²) < 4.78 is 26.2. The van der Waals surface area contributed by atoms with Crippen LogP contribution in [-0.2, 0) is 0 Å². The Hall–Kier alpha value is -3.36. The smallest absolute Gasteiger partial charge is 0.187 e. The normalized spacial score (nSPS) is 11.9. The van der Waals surface area contributed by atoms with E-state index < -0.39 is 11.6 Å². The average Bonchev–Trinajstić information content (AvgIpc) is 2.87. The second-order valence-electron chi connectivity index (χ2n) is 8.30. The number of carbonyl (C=O) groups excluding carboxylic acids is 2. The van der Waals surface area contributed by atoms with E-state index in [0.717, 1.165) is 5.70 Å². The fraction of sp³-hybridized carbons (Fsp3) is 0.357. The number of aliphatic hydroxyl groups is 2. The lowest BCUT2D eigenvalue weighted by atomic mass is 10.1. The molecule has 0 aliphatic carbocycles. The molecule has 2 aromatic rings. The number of unbranched alkanes of at least 4 members (excludes halogenated alkanes) is 1. The molecule has 6 nitrogen and oxygen atoms in total. The van der Waals surface area contributed by atoms with E-state index in [4.69, 9.17) is 10.2 Å². The third kappa shape index (κ3) is 10.9. The molecule has 0 fully saturated rings. The summed E-state index contributed by atoms with van der Waals surface area (Å²) in [5, 5.41) is 24.7. The van der Waals surface area contributed by atoms with Crippen LogP contribution in [0.15, 0.2) is 72.1 Å². The number of halogens is 2. The Balaban J connectivity index is 1.92. The zero-order valence-electron chi connectivity index (χ0n) is 20.3. The van der Waals surface area contributed by atoms with Crippen molar-refractivity contribution in [1.82, 2.24) is 10.6 Å². The van der Waals surface area contributed by atoms with Gasteiger partial charge >= 0.3 is 0 Å².